The summed E-state index contributed by atoms with van der Waals surface area (Å²) in [7, 11) is 2.09. The van der Waals surface area contributed by atoms with Gasteiger partial charge in [0.1, 0.15) is 6.20 Å². The van der Waals surface area contributed by atoms with Gasteiger partial charge in [0.15, 0.2) is 0 Å². The molecule has 2 N–H and O–H groups in total. The van der Waals surface area contributed by atoms with Gasteiger partial charge >= 0.3 is 5.69 Å². The Morgan fingerprint density at radius 2 is 2.29 bits per heavy atom. The molecule has 0 amide bonds. The lowest BCUT2D eigenvalue weighted by Crippen LogP contribution is -2.24. The zero-order chi connectivity index (χ0) is 15.0. The van der Waals surface area contributed by atoms with E-state index in [4.69, 9.17) is 5.73 Å². The Balaban J connectivity index is 1.87. The number of nitrogen functional groups attached to an aromatic ring is 1. The average molecular weight is 287 g/mol. The molecule has 3 rings (SSSR count). The Bertz CT molecular complexity index is 695. The summed E-state index contributed by atoms with van der Waals surface area (Å²) in [6.45, 7) is 1.52. The van der Waals surface area contributed by atoms with E-state index < -0.39 is 4.92 Å². The first-order chi connectivity index (χ1) is 10.1. The number of aryl methyl sites for hydroxylation is 1. The first-order valence-corrected chi connectivity index (χ1v) is 6.85. The number of rotatable bonds is 3. The Hall–Kier alpha value is -2.57. The fourth-order valence-corrected chi connectivity index (χ4v) is 2.76. The third-order valence-electron chi connectivity index (χ3n) is 3.88. The molecule has 1 aromatic heterocycles. The predicted octanol–water partition coefficient (Wildman–Crippen LogP) is 1.80. The zero-order valence-electron chi connectivity index (χ0n) is 11.8. The van der Waals surface area contributed by atoms with Gasteiger partial charge in [0, 0.05) is 19.3 Å². The van der Waals surface area contributed by atoms with Crippen LogP contribution in [0.2, 0.25) is 0 Å². The summed E-state index contributed by atoms with van der Waals surface area (Å²) < 4.78 is 1.46. The minimum Gasteiger partial charge on any atom is -0.378 e. The smallest absolute Gasteiger partial charge is 0.330 e. The molecule has 2 heterocycles. The molecule has 7 nitrogen and oxygen atoms in total. The Kier molecular flexibility index (Phi) is 3.25. The van der Waals surface area contributed by atoms with E-state index in [0.29, 0.717) is 6.54 Å². The first-order valence-electron chi connectivity index (χ1n) is 6.85. The summed E-state index contributed by atoms with van der Waals surface area (Å²) in [5.41, 5.74) is 9.23. The summed E-state index contributed by atoms with van der Waals surface area (Å²) in [5.74, 6) is 0.0924. The van der Waals surface area contributed by atoms with Crippen molar-refractivity contribution in [2.75, 3.05) is 24.2 Å². The molecule has 0 unspecified atom stereocenters. The summed E-state index contributed by atoms with van der Waals surface area (Å²) in [6, 6.07) is 6.25. The Labute approximate surface area is 122 Å². The molecule has 0 radical (unpaired) electrons. The third kappa shape index (κ3) is 2.42. The second-order valence-corrected chi connectivity index (χ2v) is 5.32. The molecule has 0 atom stereocenters. The first kappa shape index (κ1) is 13.4. The van der Waals surface area contributed by atoms with Crippen LogP contribution in [0.3, 0.4) is 0 Å². The number of nitro groups is 1. The SMILES string of the molecule is CN1CCCc2cc(Cn3ncc([N+](=O)[O-])c3N)ccc21. The van der Waals surface area contributed by atoms with E-state index in [0.717, 1.165) is 24.9 Å². The maximum absolute atomic E-state index is 10.8. The lowest BCUT2D eigenvalue weighted by atomic mass is 9.99. The molecule has 110 valence electrons. The molecular formula is C14H17N5O2. The molecule has 2 aromatic rings. The van der Waals surface area contributed by atoms with Crippen molar-refractivity contribution in [3.05, 3.63) is 45.6 Å². The summed E-state index contributed by atoms with van der Waals surface area (Å²) in [6.07, 6.45) is 3.39. The van der Waals surface area contributed by atoms with Crippen molar-refractivity contribution in [1.82, 2.24) is 9.78 Å². The van der Waals surface area contributed by atoms with Gasteiger partial charge in [-0.25, -0.2) is 4.68 Å². The van der Waals surface area contributed by atoms with E-state index in [1.54, 1.807) is 0 Å². The van der Waals surface area contributed by atoms with Gasteiger partial charge in [0.25, 0.3) is 0 Å². The van der Waals surface area contributed by atoms with Gasteiger partial charge in [-0.1, -0.05) is 12.1 Å². The quantitative estimate of drug-likeness (QED) is 0.686. The highest BCUT2D eigenvalue weighted by molar-refractivity contribution is 5.56. The van der Waals surface area contributed by atoms with Crippen LogP contribution in [0, 0.1) is 10.1 Å². The van der Waals surface area contributed by atoms with E-state index in [1.165, 1.54) is 22.1 Å². The molecule has 0 spiro atoms. The maximum atomic E-state index is 10.8. The topological polar surface area (TPSA) is 90.2 Å². The highest BCUT2D eigenvalue weighted by Gasteiger charge is 2.18. The van der Waals surface area contributed by atoms with Gasteiger partial charge in [-0.3, -0.25) is 10.1 Å². The van der Waals surface area contributed by atoms with E-state index in [2.05, 4.69) is 29.2 Å². The molecule has 0 fully saturated rings. The third-order valence-corrected chi connectivity index (χ3v) is 3.88. The van der Waals surface area contributed by atoms with Crippen LogP contribution in [-0.4, -0.2) is 28.3 Å². The van der Waals surface area contributed by atoms with Crippen molar-refractivity contribution in [3.63, 3.8) is 0 Å². The van der Waals surface area contributed by atoms with Crippen LogP contribution in [0.4, 0.5) is 17.2 Å². The highest BCUT2D eigenvalue weighted by Crippen LogP contribution is 2.28. The van der Waals surface area contributed by atoms with Crippen molar-refractivity contribution in [3.8, 4) is 0 Å². The maximum Gasteiger partial charge on any atom is 0.330 e. The number of aromatic nitrogens is 2. The van der Waals surface area contributed by atoms with Crippen LogP contribution in [0.15, 0.2) is 24.4 Å². The second kappa shape index (κ2) is 5.08. The largest absolute Gasteiger partial charge is 0.378 e. The van der Waals surface area contributed by atoms with Crippen LogP contribution in [0.1, 0.15) is 17.5 Å². The van der Waals surface area contributed by atoms with Crippen molar-refractivity contribution < 1.29 is 4.92 Å². The van der Waals surface area contributed by atoms with Gasteiger partial charge in [-0.15, -0.1) is 0 Å². The number of anilines is 2. The molecule has 0 bridgehead atoms. The lowest BCUT2D eigenvalue weighted by Gasteiger charge is -2.27. The normalized spacial score (nSPS) is 14.0. The number of hydrogen-bond donors (Lipinski definition) is 1. The summed E-state index contributed by atoms with van der Waals surface area (Å²) in [4.78, 5) is 12.5. The zero-order valence-corrected chi connectivity index (χ0v) is 11.8. The van der Waals surface area contributed by atoms with Crippen molar-refractivity contribution in [2.24, 2.45) is 0 Å². The standard InChI is InChI=1S/C14H17N5O2/c1-17-6-2-3-11-7-10(4-5-12(11)17)9-18-14(15)13(8-16-18)19(20)21/h4-5,7-8H,2-3,6,9,15H2,1H3. The fourth-order valence-electron chi connectivity index (χ4n) is 2.76. The van der Waals surface area contributed by atoms with Crippen LogP contribution in [-0.2, 0) is 13.0 Å². The molecule has 21 heavy (non-hydrogen) atoms. The summed E-state index contributed by atoms with van der Waals surface area (Å²) >= 11 is 0. The number of benzene rings is 1. The second-order valence-electron chi connectivity index (χ2n) is 5.32. The minimum absolute atomic E-state index is 0.0924. The molecule has 0 aliphatic carbocycles. The van der Waals surface area contributed by atoms with Crippen LogP contribution in [0.5, 0.6) is 0 Å². The van der Waals surface area contributed by atoms with E-state index in [1.807, 2.05) is 6.07 Å². The average Bonchev–Trinajstić information content (AvgIpc) is 2.80. The number of hydrogen-bond acceptors (Lipinski definition) is 5. The number of nitrogens with zero attached hydrogens (tertiary/aromatic N) is 4. The molecule has 7 heteroatoms. The predicted molar refractivity (Wildman–Crippen MR) is 80.4 cm³/mol. The fraction of sp³-hybridized carbons (Fsp3) is 0.357. The van der Waals surface area contributed by atoms with E-state index in [9.17, 15) is 10.1 Å². The van der Waals surface area contributed by atoms with Gasteiger partial charge in [0.05, 0.1) is 11.5 Å². The van der Waals surface area contributed by atoms with Crippen LogP contribution < -0.4 is 10.6 Å². The van der Waals surface area contributed by atoms with Crippen LogP contribution in [0.25, 0.3) is 0 Å². The molecule has 0 saturated heterocycles. The molecule has 0 saturated carbocycles. The lowest BCUT2D eigenvalue weighted by molar-refractivity contribution is -0.384. The molecule has 1 aliphatic heterocycles. The molecule has 1 aromatic carbocycles. The minimum atomic E-state index is -0.513. The van der Waals surface area contributed by atoms with Gasteiger partial charge in [-0.05, 0) is 30.0 Å². The number of fused-ring (bicyclic) bond motifs is 1. The van der Waals surface area contributed by atoms with E-state index >= 15 is 0 Å². The number of nitrogens with two attached hydrogens (primary N) is 1. The molecular weight excluding hydrogens is 270 g/mol. The Morgan fingerprint density at radius 3 is 3.00 bits per heavy atom. The summed E-state index contributed by atoms with van der Waals surface area (Å²) in [5, 5.41) is 14.8. The van der Waals surface area contributed by atoms with Crippen molar-refractivity contribution in [1.29, 1.82) is 0 Å². The van der Waals surface area contributed by atoms with Gasteiger partial charge in [-0.2, -0.15) is 5.10 Å². The van der Waals surface area contributed by atoms with E-state index in [-0.39, 0.29) is 11.5 Å². The monoisotopic (exact) mass is 287 g/mol. The molecule has 1 aliphatic rings. The van der Waals surface area contributed by atoms with Gasteiger partial charge < -0.3 is 10.6 Å². The Morgan fingerprint density at radius 1 is 1.48 bits per heavy atom. The highest BCUT2D eigenvalue weighted by atomic mass is 16.6. The van der Waals surface area contributed by atoms with Gasteiger partial charge in [0.2, 0.25) is 5.82 Å². The van der Waals surface area contributed by atoms with Crippen molar-refractivity contribution in [2.45, 2.75) is 19.4 Å². The van der Waals surface area contributed by atoms with Crippen molar-refractivity contribution >= 4 is 17.2 Å². The van der Waals surface area contributed by atoms with Crippen LogP contribution >= 0.6 is 0 Å².